The predicted octanol–water partition coefficient (Wildman–Crippen LogP) is 2.35. The third kappa shape index (κ3) is 5.27. The Morgan fingerprint density at radius 2 is 1.68 bits per heavy atom. The number of rotatable bonds is 7. The van der Waals surface area contributed by atoms with Gasteiger partial charge in [0.05, 0.1) is 9.92 Å². The molecule has 0 aliphatic carbocycles. The highest BCUT2D eigenvalue weighted by Crippen LogP contribution is 2.25. The molecular weight excluding hydrogens is 462 g/mol. The lowest BCUT2D eigenvalue weighted by Crippen LogP contribution is -2.36. The Morgan fingerprint density at radius 1 is 1.00 bits per heavy atom. The van der Waals surface area contributed by atoms with Gasteiger partial charge in [-0.15, -0.1) is 0 Å². The van der Waals surface area contributed by atoms with Gasteiger partial charge in [-0.2, -0.15) is 4.31 Å². The third-order valence-electron chi connectivity index (χ3n) is 5.10. The summed E-state index contributed by atoms with van der Waals surface area (Å²) in [5.74, 6) is -0.547. The topological polar surface area (TPSA) is 113 Å². The van der Waals surface area contributed by atoms with Crippen LogP contribution in [0, 0.1) is 0 Å². The number of hydrogen-bond donors (Lipinski definition) is 2. The van der Waals surface area contributed by atoms with Gasteiger partial charge in [-0.25, -0.2) is 21.6 Å². The van der Waals surface area contributed by atoms with E-state index in [4.69, 9.17) is 11.6 Å². The molecule has 2 aromatic carbocycles. The Hall–Kier alpha value is -1.98. The quantitative estimate of drug-likeness (QED) is 0.625. The fraction of sp³-hybridized carbons (Fsp3) is 0.350. The van der Waals surface area contributed by atoms with Gasteiger partial charge in [-0.3, -0.25) is 4.79 Å². The van der Waals surface area contributed by atoms with Crippen molar-refractivity contribution in [3.05, 3.63) is 58.6 Å². The minimum absolute atomic E-state index is 0.0103. The summed E-state index contributed by atoms with van der Waals surface area (Å²) in [5, 5.41) is 2.66. The fourth-order valence-corrected chi connectivity index (χ4v) is 6.37. The van der Waals surface area contributed by atoms with Crippen LogP contribution in [0.15, 0.2) is 52.3 Å². The third-order valence-corrected chi connectivity index (χ3v) is 8.99. The van der Waals surface area contributed by atoms with Crippen molar-refractivity contribution in [3.8, 4) is 0 Å². The van der Waals surface area contributed by atoms with Gasteiger partial charge in [0.1, 0.15) is 4.90 Å². The number of carbonyl (C=O) groups excluding carboxylic acids is 1. The van der Waals surface area contributed by atoms with Crippen LogP contribution in [-0.4, -0.2) is 47.2 Å². The van der Waals surface area contributed by atoms with Crippen molar-refractivity contribution in [1.29, 1.82) is 0 Å². The van der Waals surface area contributed by atoms with Gasteiger partial charge in [0.25, 0.3) is 5.91 Å². The molecule has 3 rings (SSSR count). The number of sulfonamides is 2. The average molecular weight is 486 g/mol. The molecule has 0 bridgehead atoms. The number of benzene rings is 2. The van der Waals surface area contributed by atoms with Crippen molar-refractivity contribution in [2.45, 2.75) is 35.6 Å². The van der Waals surface area contributed by atoms with Gasteiger partial charge >= 0.3 is 0 Å². The minimum atomic E-state index is -3.84. The van der Waals surface area contributed by atoms with E-state index in [0.717, 1.165) is 19.3 Å². The van der Waals surface area contributed by atoms with E-state index in [0.29, 0.717) is 18.7 Å². The molecule has 1 saturated heterocycles. The maximum absolute atomic E-state index is 13.1. The van der Waals surface area contributed by atoms with Crippen LogP contribution < -0.4 is 10.0 Å². The molecule has 2 N–H and O–H groups in total. The standard InChI is InChI=1S/C20H24ClN3O5S2/c1-22-30(26,27)19-13-15(9-10-17(19)21)20(25)23-14-16-7-3-4-8-18(16)31(28,29)24-11-5-2-6-12-24/h3-4,7-10,13,22H,2,5-6,11-12,14H2,1H3,(H,23,25). The van der Waals surface area contributed by atoms with E-state index in [1.54, 1.807) is 18.2 Å². The molecule has 1 aliphatic rings. The van der Waals surface area contributed by atoms with Gasteiger partial charge in [0, 0.05) is 25.2 Å². The molecule has 1 aliphatic heterocycles. The van der Waals surface area contributed by atoms with Gasteiger partial charge in [-0.05, 0) is 49.7 Å². The second kappa shape index (κ2) is 9.66. The van der Waals surface area contributed by atoms with Crippen molar-refractivity contribution in [3.63, 3.8) is 0 Å². The molecule has 31 heavy (non-hydrogen) atoms. The zero-order chi connectivity index (χ0) is 22.6. The Labute approximate surface area is 187 Å². The lowest BCUT2D eigenvalue weighted by molar-refractivity contribution is 0.0950. The Balaban J connectivity index is 1.81. The minimum Gasteiger partial charge on any atom is -0.348 e. The summed E-state index contributed by atoms with van der Waals surface area (Å²) < 4.78 is 54.0. The van der Waals surface area contributed by atoms with Crippen molar-refractivity contribution in [2.24, 2.45) is 0 Å². The molecule has 1 heterocycles. The molecule has 0 saturated carbocycles. The van der Waals surface area contributed by atoms with E-state index in [9.17, 15) is 21.6 Å². The zero-order valence-corrected chi connectivity index (χ0v) is 19.4. The number of hydrogen-bond acceptors (Lipinski definition) is 5. The van der Waals surface area contributed by atoms with Crippen molar-refractivity contribution in [1.82, 2.24) is 14.3 Å². The number of halogens is 1. The van der Waals surface area contributed by atoms with Crippen LogP contribution in [0.3, 0.4) is 0 Å². The molecule has 0 atom stereocenters. The number of carbonyl (C=O) groups is 1. The second-order valence-electron chi connectivity index (χ2n) is 7.11. The molecule has 1 amide bonds. The summed E-state index contributed by atoms with van der Waals surface area (Å²) in [6.07, 6.45) is 2.66. The fourth-order valence-electron chi connectivity index (χ4n) is 3.38. The van der Waals surface area contributed by atoms with E-state index in [1.807, 2.05) is 0 Å². The normalized spacial score (nSPS) is 15.5. The molecule has 0 unspecified atom stereocenters. The van der Waals surface area contributed by atoms with Crippen LogP contribution in [-0.2, 0) is 26.6 Å². The van der Waals surface area contributed by atoms with Crippen LogP contribution >= 0.6 is 11.6 Å². The summed E-state index contributed by atoms with van der Waals surface area (Å²) in [6.45, 7) is 0.936. The van der Waals surface area contributed by atoms with Gasteiger partial charge < -0.3 is 5.32 Å². The molecule has 1 fully saturated rings. The smallest absolute Gasteiger partial charge is 0.251 e. The van der Waals surface area contributed by atoms with E-state index in [2.05, 4.69) is 10.0 Å². The van der Waals surface area contributed by atoms with Crippen LogP contribution in [0.2, 0.25) is 5.02 Å². The number of nitrogens with zero attached hydrogens (tertiary/aromatic N) is 1. The van der Waals surface area contributed by atoms with Crippen LogP contribution in [0.1, 0.15) is 35.2 Å². The molecule has 0 aromatic heterocycles. The highest BCUT2D eigenvalue weighted by Gasteiger charge is 2.28. The van der Waals surface area contributed by atoms with E-state index in [1.165, 1.54) is 35.6 Å². The molecular formula is C20H24ClN3O5S2. The van der Waals surface area contributed by atoms with Crippen LogP contribution in [0.4, 0.5) is 0 Å². The van der Waals surface area contributed by atoms with Crippen molar-refractivity contribution >= 4 is 37.6 Å². The summed E-state index contributed by atoms with van der Waals surface area (Å²) in [7, 11) is -6.25. The first-order valence-corrected chi connectivity index (χ1v) is 13.1. The summed E-state index contributed by atoms with van der Waals surface area (Å²) in [6, 6.07) is 10.5. The summed E-state index contributed by atoms with van der Waals surface area (Å²) >= 11 is 5.96. The maximum Gasteiger partial charge on any atom is 0.251 e. The highest BCUT2D eigenvalue weighted by molar-refractivity contribution is 7.89. The maximum atomic E-state index is 13.1. The Bertz CT molecular complexity index is 1180. The monoisotopic (exact) mass is 485 g/mol. The van der Waals surface area contributed by atoms with Gasteiger partial charge in [0.15, 0.2) is 0 Å². The molecule has 0 radical (unpaired) electrons. The predicted molar refractivity (Wildman–Crippen MR) is 118 cm³/mol. The van der Waals surface area contributed by atoms with Gasteiger partial charge in [-0.1, -0.05) is 36.2 Å². The molecule has 11 heteroatoms. The SMILES string of the molecule is CNS(=O)(=O)c1cc(C(=O)NCc2ccccc2S(=O)(=O)N2CCCCC2)ccc1Cl. The molecule has 168 valence electrons. The van der Waals surface area contributed by atoms with E-state index in [-0.39, 0.29) is 26.9 Å². The first kappa shape index (κ1) is 23.7. The Kier molecular flexibility index (Phi) is 7.38. The first-order chi connectivity index (χ1) is 14.7. The first-order valence-electron chi connectivity index (χ1n) is 9.76. The largest absolute Gasteiger partial charge is 0.348 e. The van der Waals surface area contributed by atoms with Crippen molar-refractivity contribution in [2.75, 3.05) is 20.1 Å². The molecule has 0 spiro atoms. The zero-order valence-electron chi connectivity index (χ0n) is 17.0. The number of piperidine rings is 1. The Morgan fingerprint density at radius 3 is 2.35 bits per heavy atom. The van der Waals surface area contributed by atoms with Crippen LogP contribution in [0.25, 0.3) is 0 Å². The van der Waals surface area contributed by atoms with Crippen molar-refractivity contribution < 1.29 is 21.6 Å². The lowest BCUT2D eigenvalue weighted by atomic mass is 10.2. The summed E-state index contributed by atoms with van der Waals surface area (Å²) in [5.41, 5.74) is 0.549. The van der Waals surface area contributed by atoms with E-state index >= 15 is 0 Å². The number of amides is 1. The molecule has 8 nitrogen and oxygen atoms in total. The molecule has 2 aromatic rings. The summed E-state index contributed by atoms with van der Waals surface area (Å²) in [4.78, 5) is 12.6. The highest BCUT2D eigenvalue weighted by atomic mass is 35.5. The lowest BCUT2D eigenvalue weighted by Gasteiger charge is -2.26. The second-order valence-corrected chi connectivity index (χ2v) is 11.3. The average Bonchev–Trinajstić information content (AvgIpc) is 2.78. The number of nitrogens with one attached hydrogen (secondary N) is 2. The van der Waals surface area contributed by atoms with E-state index < -0.39 is 26.0 Å². The van der Waals surface area contributed by atoms with Crippen LogP contribution in [0.5, 0.6) is 0 Å². The van der Waals surface area contributed by atoms with Gasteiger partial charge in [0.2, 0.25) is 20.0 Å².